The van der Waals surface area contributed by atoms with Gasteiger partial charge in [0.25, 0.3) is 5.91 Å². The molecule has 1 aromatic carbocycles. The average Bonchev–Trinajstić information content (AvgIpc) is 3.07. The normalized spacial score (nSPS) is 24.4. The molecule has 1 aliphatic heterocycles. The maximum Gasteiger partial charge on any atom is 0.251 e. The number of aromatic nitrogens is 1. The Labute approximate surface area is 152 Å². The number of hydrogen-bond donors (Lipinski definition) is 1. The fourth-order valence-corrected chi connectivity index (χ4v) is 4.78. The summed E-state index contributed by atoms with van der Waals surface area (Å²) in [7, 11) is 0. The van der Waals surface area contributed by atoms with Crippen LogP contribution >= 0.6 is 11.3 Å². The predicted molar refractivity (Wildman–Crippen MR) is 102 cm³/mol. The number of amides is 1. The monoisotopic (exact) mass is 359 g/mol. The van der Waals surface area contributed by atoms with Gasteiger partial charge in [-0.2, -0.15) is 0 Å². The summed E-state index contributed by atoms with van der Waals surface area (Å²) in [5.74, 6) is 0.611. The second-order valence-electron chi connectivity index (χ2n) is 7.12. The van der Waals surface area contributed by atoms with Gasteiger partial charge in [-0.15, -0.1) is 0 Å². The number of hydrogen-bond acceptors (Lipinski definition) is 5. The van der Waals surface area contributed by atoms with Crippen molar-refractivity contribution in [3.8, 4) is 0 Å². The zero-order chi connectivity index (χ0) is 17.2. The Morgan fingerprint density at radius 2 is 2.08 bits per heavy atom. The van der Waals surface area contributed by atoms with Gasteiger partial charge < -0.3 is 15.0 Å². The molecule has 0 unspecified atom stereocenters. The number of ether oxygens (including phenoxy) is 1. The van der Waals surface area contributed by atoms with E-state index in [2.05, 4.69) is 17.1 Å². The fourth-order valence-electron chi connectivity index (χ4n) is 3.73. The Bertz CT molecular complexity index is 754. The summed E-state index contributed by atoms with van der Waals surface area (Å²) in [6, 6.07) is 6.16. The number of carbonyl (C=O) groups is 1. The molecule has 0 bridgehead atoms. The number of rotatable bonds is 3. The van der Waals surface area contributed by atoms with E-state index in [1.54, 1.807) is 11.3 Å². The minimum absolute atomic E-state index is 0.0435. The zero-order valence-corrected chi connectivity index (χ0v) is 15.5. The Kier molecular flexibility index (Phi) is 4.90. The molecule has 5 nitrogen and oxygen atoms in total. The number of nitrogens with one attached hydrogen (secondary N) is 1. The molecule has 1 aliphatic carbocycles. The molecule has 2 aromatic rings. The third kappa shape index (κ3) is 3.65. The van der Waals surface area contributed by atoms with Crippen molar-refractivity contribution in [2.24, 2.45) is 5.92 Å². The number of fused-ring (bicyclic) bond motifs is 1. The van der Waals surface area contributed by atoms with Crippen LogP contribution in [0.2, 0.25) is 0 Å². The van der Waals surface area contributed by atoms with Crippen molar-refractivity contribution in [2.45, 2.75) is 38.6 Å². The van der Waals surface area contributed by atoms with Gasteiger partial charge in [-0.1, -0.05) is 31.1 Å². The first-order chi connectivity index (χ1) is 12.2. The highest BCUT2D eigenvalue weighted by atomic mass is 32.1. The summed E-state index contributed by atoms with van der Waals surface area (Å²) >= 11 is 1.66. The van der Waals surface area contributed by atoms with Crippen molar-refractivity contribution in [2.75, 3.05) is 31.2 Å². The SMILES string of the molecule is C[C@H]1CCCC[C@H]1NC(=O)c1ccc2nc(N3CCOCC3)sc2c1. The molecule has 1 aromatic heterocycles. The topological polar surface area (TPSA) is 54.5 Å². The van der Waals surface area contributed by atoms with E-state index in [0.29, 0.717) is 12.0 Å². The van der Waals surface area contributed by atoms with Gasteiger partial charge in [0.15, 0.2) is 5.13 Å². The van der Waals surface area contributed by atoms with Crippen molar-refractivity contribution < 1.29 is 9.53 Å². The van der Waals surface area contributed by atoms with Crippen LogP contribution < -0.4 is 10.2 Å². The first kappa shape index (κ1) is 16.8. The van der Waals surface area contributed by atoms with Crippen LogP contribution in [0, 0.1) is 5.92 Å². The van der Waals surface area contributed by atoms with Crippen molar-refractivity contribution >= 4 is 32.6 Å². The van der Waals surface area contributed by atoms with Crippen LogP contribution in [0.5, 0.6) is 0 Å². The first-order valence-corrected chi connectivity index (χ1v) is 10.1. The molecule has 2 aliphatic rings. The number of nitrogens with zero attached hydrogens (tertiary/aromatic N) is 2. The van der Waals surface area contributed by atoms with E-state index >= 15 is 0 Å². The molecule has 1 saturated heterocycles. The summed E-state index contributed by atoms with van der Waals surface area (Å²) < 4.78 is 6.48. The molecule has 4 rings (SSSR count). The van der Waals surface area contributed by atoms with Crippen LogP contribution in [0.3, 0.4) is 0 Å². The van der Waals surface area contributed by atoms with E-state index in [-0.39, 0.29) is 5.91 Å². The number of thiazole rings is 1. The van der Waals surface area contributed by atoms with Gasteiger partial charge in [0.05, 0.1) is 23.4 Å². The molecular formula is C19H25N3O2S. The van der Waals surface area contributed by atoms with Gasteiger partial charge in [0.1, 0.15) is 0 Å². The van der Waals surface area contributed by atoms with Crippen LogP contribution in [0.4, 0.5) is 5.13 Å². The van der Waals surface area contributed by atoms with Crippen LogP contribution in [0.15, 0.2) is 18.2 Å². The Morgan fingerprint density at radius 1 is 1.28 bits per heavy atom. The highest BCUT2D eigenvalue weighted by Crippen LogP contribution is 2.30. The number of morpholine rings is 1. The molecule has 134 valence electrons. The molecule has 1 amide bonds. The van der Waals surface area contributed by atoms with Crippen LogP contribution in [0.25, 0.3) is 10.2 Å². The molecule has 2 atom stereocenters. The molecule has 0 spiro atoms. The van der Waals surface area contributed by atoms with E-state index in [1.165, 1.54) is 19.3 Å². The van der Waals surface area contributed by atoms with E-state index in [4.69, 9.17) is 9.72 Å². The van der Waals surface area contributed by atoms with Crippen LogP contribution in [-0.4, -0.2) is 43.2 Å². The lowest BCUT2D eigenvalue weighted by Crippen LogP contribution is -2.41. The zero-order valence-electron chi connectivity index (χ0n) is 14.7. The molecule has 0 radical (unpaired) electrons. The maximum atomic E-state index is 12.7. The number of benzene rings is 1. The summed E-state index contributed by atoms with van der Waals surface area (Å²) in [6.45, 7) is 5.51. The molecule has 2 fully saturated rings. The summed E-state index contributed by atoms with van der Waals surface area (Å²) in [5.41, 5.74) is 1.71. The Morgan fingerprint density at radius 3 is 2.88 bits per heavy atom. The van der Waals surface area contributed by atoms with Crippen molar-refractivity contribution in [1.82, 2.24) is 10.3 Å². The van der Waals surface area contributed by atoms with Gasteiger partial charge in [-0.25, -0.2) is 4.98 Å². The maximum absolute atomic E-state index is 12.7. The summed E-state index contributed by atoms with van der Waals surface area (Å²) in [6.07, 6.45) is 4.80. The molecule has 6 heteroatoms. The second kappa shape index (κ2) is 7.30. The Balaban J connectivity index is 1.51. The lowest BCUT2D eigenvalue weighted by Gasteiger charge is -2.29. The fraction of sp³-hybridized carbons (Fsp3) is 0.579. The number of anilines is 1. The summed E-state index contributed by atoms with van der Waals surface area (Å²) in [4.78, 5) is 19.6. The molecule has 1 N–H and O–H groups in total. The van der Waals surface area contributed by atoms with Crippen molar-refractivity contribution in [1.29, 1.82) is 0 Å². The first-order valence-electron chi connectivity index (χ1n) is 9.25. The lowest BCUT2D eigenvalue weighted by molar-refractivity contribution is 0.0910. The third-order valence-corrected chi connectivity index (χ3v) is 6.43. The van der Waals surface area contributed by atoms with Gasteiger partial charge in [0, 0.05) is 24.7 Å². The molecule has 2 heterocycles. The minimum atomic E-state index is 0.0435. The predicted octanol–water partition coefficient (Wildman–Crippen LogP) is 3.44. The van der Waals surface area contributed by atoms with E-state index in [9.17, 15) is 4.79 Å². The van der Waals surface area contributed by atoms with E-state index < -0.39 is 0 Å². The summed E-state index contributed by atoms with van der Waals surface area (Å²) in [5, 5.41) is 4.26. The average molecular weight is 359 g/mol. The minimum Gasteiger partial charge on any atom is -0.378 e. The van der Waals surface area contributed by atoms with Gasteiger partial charge in [-0.05, 0) is 37.0 Å². The largest absolute Gasteiger partial charge is 0.378 e. The standard InChI is InChI=1S/C19H25N3O2S/c1-13-4-2-3-5-15(13)20-18(23)14-6-7-16-17(12-14)25-19(21-16)22-8-10-24-11-9-22/h6-7,12-13,15H,2-5,8-11H2,1H3,(H,20,23)/t13-,15+/m0/s1. The third-order valence-electron chi connectivity index (χ3n) is 5.35. The van der Waals surface area contributed by atoms with Crippen LogP contribution in [0.1, 0.15) is 43.0 Å². The second-order valence-corrected chi connectivity index (χ2v) is 8.13. The smallest absolute Gasteiger partial charge is 0.251 e. The van der Waals surface area contributed by atoms with Crippen LogP contribution in [-0.2, 0) is 4.74 Å². The van der Waals surface area contributed by atoms with E-state index in [0.717, 1.165) is 53.6 Å². The molecule has 25 heavy (non-hydrogen) atoms. The Hall–Kier alpha value is -1.66. The molecular weight excluding hydrogens is 334 g/mol. The van der Waals surface area contributed by atoms with Gasteiger partial charge >= 0.3 is 0 Å². The quantitative estimate of drug-likeness (QED) is 0.912. The van der Waals surface area contributed by atoms with Crippen molar-refractivity contribution in [3.05, 3.63) is 23.8 Å². The molecule has 1 saturated carbocycles. The van der Waals surface area contributed by atoms with Gasteiger partial charge in [-0.3, -0.25) is 4.79 Å². The lowest BCUT2D eigenvalue weighted by atomic mass is 9.86. The number of carbonyl (C=O) groups excluding carboxylic acids is 1. The highest BCUT2D eigenvalue weighted by molar-refractivity contribution is 7.22. The van der Waals surface area contributed by atoms with Gasteiger partial charge in [0.2, 0.25) is 0 Å². The highest BCUT2D eigenvalue weighted by Gasteiger charge is 2.23. The van der Waals surface area contributed by atoms with Crippen molar-refractivity contribution in [3.63, 3.8) is 0 Å². The van der Waals surface area contributed by atoms with E-state index in [1.807, 2.05) is 18.2 Å².